The summed E-state index contributed by atoms with van der Waals surface area (Å²) in [5, 5.41) is 22.2. The number of carboxylic acid groups (broad SMARTS) is 1. The van der Waals surface area contributed by atoms with E-state index in [-0.39, 0.29) is 18.5 Å². The number of aliphatic hydroxyl groups excluding tert-OH is 1. The number of carbonyl (C=O) groups is 2. The smallest absolute Gasteiger partial charge is 0.416 e. The van der Waals surface area contributed by atoms with Crippen LogP contribution in [-0.4, -0.2) is 39.7 Å². The predicted molar refractivity (Wildman–Crippen MR) is 119 cm³/mol. The molecule has 1 aromatic heterocycles. The highest BCUT2D eigenvalue weighted by molar-refractivity contribution is 6.30. The van der Waals surface area contributed by atoms with E-state index in [1.165, 1.54) is 25.1 Å². The third-order valence-corrected chi connectivity index (χ3v) is 5.57. The van der Waals surface area contributed by atoms with E-state index in [1.54, 1.807) is 24.3 Å². The number of carboxylic acids is 1. The van der Waals surface area contributed by atoms with Crippen molar-refractivity contribution in [2.24, 2.45) is 5.41 Å². The number of aromatic amines is 1. The van der Waals surface area contributed by atoms with Crippen molar-refractivity contribution in [3.63, 3.8) is 0 Å². The van der Waals surface area contributed by atoms with E-state index >= 15 is 0 Å². The van der Waals surface area contributed by atoms with Crippen molar-refractivity contribution in [1.29, 1.82) is 0 Å². The van der Waals surface area contributed by atoms with Gasteiger partial charge in [-0.2, -0.15) is 0 Å². The molecule has 2 aromatic carbocycles. The van der Waals surface area contributed by atoms with Crippen molar-refractivity contribution in [1.82, 2.24) is 10.3 Å². The van der Waals surface area contributed by atoms with Gasteiger partial charge in [-0.15, -0.1) is 0 Å². The fourth-order valence-corrected chi connectivity index (χ4v) is 3.59. The number of benzene rings is 2. The van der Waals surface area contributed by atoms with Crippen LogP contribution in [0.3, 0.4) is 0 Å². The molecule has 1 amide bonds. The molecule has 8 nitrogen and oxygen atoms in total. The van der Waals surface area contributed by atoms with Crippen molar-refractivity contribution in [3.05, 3.63) is 81.4 Å². The fraction of sp³-hybridized carbons (Fsp3) is 0.261. The van der Waals surface area contributed by atoms with Gasteiger partial charge in [-0.3, -0.25) is 14.6 Å². The van der Waals surface area contributed by atoms with E-state index in [2.05, 4.69) is 14.7 Å². The van der Waals surface area contributed by atoms with Gasteiger partial charge in [0.2, 0.25) is 0 Å². The second kappa shape index (κ2) is 10.0. The van der Waals surface area contributed by atoms with E-state index < -0.39 is 41.5 Å². The number of nitrogens with one attached hydrogen (secondary N) is 2. The minimum absolute atomic E-state index is 0.0860. The molecule has 174 valence electrons. The number of aliphatic carboxylic acids is 1. The number of aliphatic hydroxyl groups is 1. The molecule has 3 aromatic rings. The van der Waals surface area contributed by atoms with Crippen LogP contribution in [0.4, 0.5) is 4.39 Å². The maximum Gasteiger partial charge on any atom is 0.416 e. The van der Waals surface area contributed by atoms with E-state index in [0.29, 0.717) is 16.1 Å². The van der Waals surface area contributed by atoms with Gasteiger partial charge in [0.15, 0.2) is 0 Å². The van der Waals surface area contributed by atoms with E-state index in [0.717, 1.165) is 11.8 Å². The summed E-state index contributed by atoms with van der Waals surface area (Å²) in [5.74, 6) is -3.10. The Morgan fingerprint density at radius 3 is 2.52 bits per heavy atom. The Morgan fingerprint density at radius 2 is 1.94 bits per heavy atom. The largest absolute Gasteiger partial charge is 0.481 e. The lowest BCUT2D eigenvalue weighted by Gasteiger charge is -2.28. The second-order valence-electron chi connectivity index (χ2n) is 7.99. The maximum atomic E-state index is 14.2. The highest BCUT2D eigenvalue weighted by Gasteiger charge is 2.36. The van der Waals surface area contributed by atoms with Gasteiger partial charge >= 0.3 is 11.7 Å². The van der Waals surface area contributed by atoms with Gasteiger partial charge in [-0.1, -0.05) is 35.9 Å². The minimum Gasteiger partial charge on any atom is -0.481 e. The fourth-order valence-electron chi connectivity index (χ4n) is 3.42. The lowest BCUT2D eigenvalue weighted by Crippen LogP contribution is -2.44. The molecule has 2 unspecified atom stereocenters. The first-order valence-electron chi connectivity index (χ1n) is 9.98. The first-order valence-corrected chi connectivity index (χ1v) is 10.4. The molecule has 3 rings (SSSR count). The summed E-state index contributed by atoms with van der Waals surface area (Å²) < 4.78 is 18.7. The van der Waals surface area contributed by atoms with Crippen LogP contribution in [0.15, 0.2) is 57.9 Å². The number of oxazole rings is 1. The van der Waals surface area contributed by atoms with Crippen molar-refractivity contribution in [2.75, 3.05) is 6.61 Å². The van der Waals surface area contributed by atoms with Crippen LogP contribution < -0.4 is 11.1 Å². The molecule has 0 spiro atoms. The number of H-pyrrole nitrogens is 1. The number of rotatable bonds is 9. The molecular weight excluding hydrogens is 455 g/mol. The average Bonchev–Trinajstić information content (AvgIpc) is 3.22. The predicted octanol–water partition coefficient (Wildman–Crippen LogP) is 3.24. The molecule has 0 fully saturated rings. The van der Waals surface area contributed by atoms with Crippen molar-refractivity contribution < 1.29 is 28.6 Å². The van der Waals surface area contributed by atoms with Gasteiger partial charge in [0.05, 0.1) is 12.0 Å². The molecule has 0 aliphatic carbocycles. The summed E-state index contributed by atoms with van der Waals surface area (Å²) in [6.07, 6.45) is 1.10. The Hall–Kier alpha value is -3.43. The first-order chi connectivity index (χ1) is 15.6. The van der Waals surface area contributed by atoms with Crippen LogP contribution in [0, 0.1) is 11.2 Å². The number of carbonyl (C=O) groups excluding carboxylic acids is 1. The summed E-state index contributed by atoms with van der Waals surface area (Å²) in [6, 6.07) is 10.4. The Kier molecular flexibility index (Phi) is 7.35. The van der Waals surface area contributed by atoms with Crippen LogP contribution in [0.1, 0.15) is 29.4 Å². The number of hydrogen-bond donors (Lipinski definition) is 4. The number of amides is 1. The standard InChI is InChI=1S/C23H22ClFN2O6/c1-23(12-28,21(30)31)10-16(26-20(29)19-11-33-22(32)27-19)8-13-2-4-14(5-3-13)17-9-15(24)6-7-18(17)25/h2-7,9,11,16,28H,8,10,12H2,1H3,(H,26,29)(H,27,32)(H,30,31). The second-order valence-corrected chi connectivity index (χ2v) is 8.42. The molecule has 0 saturated heterocycles. The molecule has 0 saturated carbocycles. The quantitative estimate of drug-likeness (QED) is 0.375. The normalized spacial score (nSPS) is 13.8. The summed E-state index contributed by atoms with van der Waals surface area (Å²) >= 11 is 5.96. The van der Waals surface area contributed by atoms with Crippen LogP contribution in [-0.2, 0) is 11.2 Å². The summed E-state index contributed by atoms with van der Waals surface area (Å²) in [5.41, 5.74) is 0.0456. The molecule has 10 heteroatoms. The zero-order valence-corrected chi connectivity index (χ0v) is 18.4. The SMILES string of the molecule is CC(CO)(CC(Cc1ccc(-c2cc(Cl)ccc2F)cc1)NC(=O)c1coc(=O)[nH]1)C(=O)O. The van der Waals surface area contributed by atoms with Gasteiger partial charge in [0.25, 0.3) is 5.91 Å². The lowest BCUT2D eigenvalue weighted by molar-refractivity contribution is -0.151. The van der Waals surface area contributed by atoms with Gasteiger partial charge in [0.1, 0.15) is 17.8 Å². The Balaban J connectivity index is 1.84. The monoisotopic (exact) mass is 476 g/mol. The third kappa shape index (κ3) is 5.88. The number of halogens is 2. The van der Waals surface area contributed by atoms with Crippen molar-refractivity contribution >= 4 is 23.5 Å². The molecule has 2 atom stereocenters. The molecule has 0 aliphatic heterocycles. The number of aromatic nitrogens is 1. The lowest BCUT2D eigenvalue weighted by atomic mass is 9.82. The molecule has 4 N–H and O–H groups in total. The first kappa shape index (κ1) is 24.2. The van der Waals surface area contributed by atoms with Gasteiger partial charge in [0, 0.05) is 16.6 Å². The maximum absolute atomic E-state index is 14.2. The molecule has 0 radical (unpaired) electrons. The van der Waals surface area contributed by atoms with Crippen LogP contribution in [0.2, 0.25) is 5.02 Å². The van der Waals surface area contributed by atoms with E-state index in [1.807, 2.05) is 0 Å². The van der Waals surface area contributed by atoms with Gasteiger partial charge < -0.3 is 19.9 Å². The van der Waals surface area contributed by atoms with Crippen LogP contribution in [0.5, 0.6) is 0 Å². The number of hydrogen-bond acceptors (Lipinski definition) is 5. The van der Waals surface area contributed by atoms with E-state index in [9.17, 15) is 29.0 Å². The zero-order chi connectivity index (χ0) is 24.2. The highest BCUT2D eigenvalue weighted by atomic mass is 35.5. The summed E-state index contributed by atoms with van der Waals surface area (Å²) in [4.78, 5) is 37.6. The summed E-state index contributed by atoms with van der Waals surface area (Å²) in [7, 11) is 0. The average molecular weight is 477 g/mol. The van der Waals surface area contributed by atoms with Crippen LogP contribution >= 0.6 is 11.6 Å². The molecular formula is C23H22ClFN2O6. The van der Waals surface area contributed by atoms with Gasteiger partial charge in [-0.05, 0) is 49.1 Å². The molecule has 33 heavy (non-hydrogen) atoms. The van der Waals surface area contributed by atoms with Crippen LogP contribution in [0.25, 0.3) is 11.1 Å². The molecule has 0 aliphatic rings. The summed E-state index contributed by atoms with van der Waals surface area (Å²) in [6.45, 7) is 0.740. The Labute approximate surface area is 193 Å². The zero-order valence-electron chi connectivity index (χ0n) is 17.6. The topological polar surface area (TPSA) is 133 Å². The molecule has 0 bridgehead atoms. The highest BCUT2D eigenvalue weighted by Crippen LogP contribution is 2.28. The van der Waals surface area contributed by atoms with E-state index in [4.69, 9.17) is 11.6 Å². The van der Waals surface area contributed by atoms with Crippen molar-refractivity contribution in [3.8, 4) is 11.1 Å². The van der Waals surface area contributed by atoms with Crippen molar-refractivity contribution in [2.45, 2.75) is 25.8 Å². The Morgan fingerprint density at radius 1 is 1.24 bits per heavy atom. The molecule has 1 heterocycles. The Bertz CT molecular complexity index is 1210. The van der Waals surface area contributed by atoms with Gasteiger partial charge in [-0.25, -0.2) is 9.18 Å². The third-order valence-electron chi connectivity index (χ3n) is 5.34. The minimum atomic E-state index is -1.51.